The van der Waals surface area contributed by atoms with E-state index in [2.05, 4.69) is 20.0 Å². The van der Waals surface area contributed by atoms with Crippen LogP contribution in [0.15, 0.2) is 0 Å². The first kappa shape index (κ1) is 14.5. The van der Waals surface area contributed by atoms with Crippen molar-refractivity contribution in [2.75, 3.05) is 26.4 Å². The molecule has 3 unspecified atom stereocenters. The highest BCUT2D eigenvalue weighted by molar-refractivity contribution is 6.71. The second kappa shape index (κ2) is 6.48. The van der Waals surface area contributed by atoms with E-state index in [4.69, 9.17) is 18.6 Å². The molecule has 4 nitrogen and oxygen atoms in total. The van der Waals surface area contributed by atoms with Gasteiger partial charge in [-0.3, -0.25) is 0 Å². The summed E-state index contributed by atoms with van der Waals surface area (Å²) in [6, 6.07) is 1.16. The fraction of sp³-hybridized carbons (Fsp3) is 1.00. The van der Waals surface area contributed by atoms with Crippen LogP contribution in [0.2, 0.25) is 19.1 Å². The van der Waals surface area contributed by atoms with Gasteiger partial charge in [-0.2, -0.15) is 0 Å². The molecule has 0 saturated carbocycles. The van der Waals surface area contributed by atoms with Crippen molar-refractivity contribution in [1.82, 2.24) is 0 Å². The van der Waals surface area contributed by atoms with Gasteiger partial charge in [0.2, 0.25) is 0 Å². The zero-order valence-electron chi connectivity index (χ0n) is 11.8. The lowest BCUT2D eigenvalue weighted by atomic mass is 10.1. The smallest absolute Gasteiger partial charge is 0.186 e. The van der Waals surface area contributed by atoms with Crippen LogP contribution in [0.25, 0.3) is 0 Å². The van der Waals surface area contributed by atoms with Crippen molar-refractivity contribution in [3.8, 4) is 0 Å². The molecule has 18 heavy (non-hydrogen) atoms. The van der Waals surface area contributed by atoms with Gasteiger partial charge in [-0.15, -0.1) is 0 Å². The van der Waals surface area contributed by atoms with E-state index in [9.17, 15) is 0 Å². The van der Waals surface area contributed by atoms with Crippen molar-refractivity contribution < 1.29 is 18.6 Å². The van der Waals surface area contributed by atoms with Crippen molar-refractivity contribution in [3.05, 3.63) is 0 Å². The molecule has 106 valence electrons. The number of epoxide rings is 2. The van der Waals surface area contributed by atoms with Crippen LogP contribution in [-0.2, 0) is 18.6 Å². The minimum absolute atomic E-state index is 0.314. The lowest BCUT2D eigenvalue weighted by Crippen LogP contribution is -2.32. The second-order valence-electron chi connectivity index (χ2n) is 5.83. The van der Waals surface area contributed by atoms with Crippen molar-refractivity contribution in [2.45, 2.75) is 57.2 Å². The summed E-state index contributed by atoms with van der Waals surface area (Å²) < 4.78 is 22.3. The van der Waals surface area contributed by atoms with Gasteiger partial charge in [0.05, 0.1) is 32.0 Å². The maximum atomic E-state index is 5.95. The molecular weight excluding hydrogens is 248 g/mol. The molecule has 0 bridgehead atoms. The average molecular weight is 274 g/mol. The number of hydrogen-bond acceptors (Lipinski definition) is 4. The molecule has 2 heterocycles. The Morgan fingerprint density at radius 1 is 1.22 bits per heavy atom. The Hall–Kier alpha value is 0.0569. The van der Waals surface area contributed by atoms with Gasteiger partial charge in [-0.05, 0) is 32.5 Å². The Bertz CT molecular complexity index is 251. The largest absolute Gasteiger partial charge is 0.418 e. The molecule has 0 amide bonds. The normalized spacial score (nSPS) is 28.2. The standard InChI is InChI=1S/C13H26O4Si/c1-4-17-18(2,3)6-5-11(7-12-8-15-12)14-9-13-10-16-13/h11-13H,4-10H2,1-3H3. The lowest BCUT2D eigenvalue weighted by Gasteiger charge is -2.25. The maximum absolute atomic E-state index is 5.95. The third-order valence-electron chi connectivity index (χ3n) is 3.45. The molecule has 0 N–H and O–H groups in total. The van der Waals surface area contributed by atoms with Crippen molar-refractivity contribution >= 4 is 8.32 Å². The minimum Gasteiger partial charge on any atom is -0.418 e. The van der Waals surface area contributed by atoms with Gasteiger partial charge in [-0.25, -0.2) is 0 Å². The highest BCUT2D eigenvalue weighted by Crippen LogP contribution is 2.24. The van der Waals surface area contributed by atoms with Gasteiger partial charge in [0.1, 0.15) is 6.10 Å². The van der Waals surface area contributed by atoms with E-state index < -0.39 is 8.32 Å². The number of hydrogen-bond donors (Lipinski definition) is 0. The maximum Gasteiger partial charge on any atom is 0.186 e. The first-order chi connectivity index (χ1) is 8.59. The summed E-state index contributed by atoms with van der Waals surface area (Å²) in [4.78, 5) is 0. The van der Waals surface area contributed by atoms with Crippen LogP contribution < -0.4 is 0 Å². The van der Waals surface area contributed by atoms with Crippen molar-refractivity contribution in [2.24, 2.45) is 0 Å². The zero-order valence-corrected chi connectivity index (χ0v) is 12.8. The van der Waals surface area contributed by atoms with Gasteiger partial charge >= 0.3 is 0 Å². The van der Waals surface area contributed by atoms with E-state index in [-0.39, 0.29) is 0 Å². The van der Waals surface area contributed by atoms with Gasteiger partial charge in [0.15, 0.2) is 8.32 Å². The number of ether oxygens (including phenoxy) is 3. The minimum atomic E-state index is -1.49. The van der Waals surface area contributed by atoms with Gasteiger partial charge < -0.3 is 18.6 Å². The summed E-state index contributed by atoms with van der Waals surface area (Å²) in [5, 5.41) is 0. The Labute approximate surface area is 111 Å². The molecule has 2 aliphatic rings. The Morgan fingerprint density at radius 3 is 2.44 bits per heavy atom. The molecule has 2 fully saturated rings. The van der Waals surface area contributed by atoms with E-state index in [1.54, 1.807) is 0 Å². The monoisotopic (exact) mass is 274 g/mol. The summed E-state index contributed by atoms with van der Waals surface area (Å²) in [7, 11) is -1.49. The van der Waals surface area contributed by atoms with Crippen molar-refractivity contribution in [3.63, 3.8) is 0 Å². The van der Waals surface area contributed by atoms with Crippen LogP contribution in [0.3, 0.4) is 0 Å². The van der Waals surface area contributed by atoms with E-state index in [1.807, 2.05) is 0 Å². The van der Waals surface area contributed by atoms with E-state index >= 15 is 0 Å². The predicted molar refractivity (Wildman–Crippen MR) is 72.4 cm³/mol. The lowest BCUT2D eigenvalue weighted by molar-refractivity contribution is 0.0297. The van der Waals surface area contributed by atoms with E-state index in [0.717, 1.165) is 45.3 Å². The molecule has 0 aromatic carbocycles. The summed E-state index contributed by atoms with van der Waals surface area (Å²) in [5.41, 5.74) is 0. The first-order valence-corrected chi connectivity index (χ1v) is 10.2. The summed E-state index contributed by atoms with van der Waals surface area (Å²) in [5.74, 6) is 0. The first-order valence-electron chi connectivity index (χ1n) is 7.08. The molecule has 2 saturated heterocycles. The van der Waals surface area contributed by atoms with Crippen molar-refractivity contribution in [1.29, 1.82) is 0 Å². The topological polar surface area (TPSA) is 43.5 Å². The predicted octanol–water partition coefficient (Wildman–Crippen LogP) is 2.19. The molecule has 0 aliphatic carbocycles. The molecule has 3 atom stereocenters. The highest BCUT2D eigenvalue weighted by atomic mass is 28.4. The van der Waals surface area contributed by atoms with E-state index in [1.165, 1.54) is 0 Å². The second-order valence-corrected chi connectivity index (χ2v) is 10.1. The van der Waals surface area contributed by atoms with Gasteiger partial charge in [-0.1, -0.05) is 0 Å². The van der Waals surface area contributed by atoms with Crippen LogP contribution in [0.5, 0.6) is 0 Å². The van der Waals surface area contributed by atoms with Crippen LogP contribution in [0.1, 0.15) is 19.8 Å². The summed E-state index contributed by atoms with van der Waals surface area (Å²) in [6.45, 7) is 9.99. The molecule has 0 aromatic rings. The summed E-state index contributed by atoms with van der Waals surface area (Å²) >= 11 is 0. The quantitative estimate of drug-likeness (QED) is 0.452. The molecule has 2 rings (SSSR count). The molecule has 2 aliphatic heterocycles. The van der Waals surface area contributed by atoms with Crippen LogP contribution in [-0.4, -0.2) is 53.1 Å². The Kier molecular flexibility index (Phi) is 5.21. The van der Waals surface area contributed by atoms with Crippen LogP contribution in [0.4, 0.5) is 0 Å². The molecule has 5 heteroatoms. The fourth-order valence-electron chi connectivity index (χ4n) is 2.15. The third-order valence-corrected chi connectivity index (χ3v) is 6.01. The molecule has 0 radical (unpaired) electrons. The highest BCUT2D eigenvalue weighted by Gasteiger charge is 2.31. The number of rotatable bonds is 10. The van der Waals surface area contributed by atoms with E-state index in [0.29, 0.717) is 18.3 Å². The molecule has 0 aromatic heterocycles. The Balaban J connectivity index is 1.68. The average Bonchev–Trinajstić information content (AvgIpc) is 3.16. The molecule has 0 spiro atoms. The zero-order chi connectivity index (χ0) is 13.0. The SMILES string of the molecule is CCO[Si](C)(C)CCC(CC1CO1)OCC1CO1. The van der Waals surface area contributed by atoms with Crippen LogP contribution >= 0.6 is 0 Å². The fourth-order valence-corrected chi connectivity index (χ4v) is 4.09. The summed E-state index contributed by atoms with van der Waals surface area (Å²) in [6.07, 6.45) is 3.22. The Morgan fingerprint density at radius 2 is 1.89 bits per heavy atom. The van der Waals surface area contributed by atoms with Gasteiger partial charge in [0.25, 0.3) is 0 Å². The van der Waals surface area contributed by atoms with Crippen LogP contribution in [0, 0.1) is 0 Å². The van der Waals surface area contributed by atoms with Gasteiger partial charge in [0, 0.05) is 13.0 Å². The molecular formula is C13H26O4Si. The third kappa shape index (κ3) is 5.80.